The summed E-state index contributed by atoms with van der Waals surface area (Å²) >= 11 is 0. The maximum Gasteiger partial charge on any atom is 0.337 e. The number of esters is 2. The van der Waals surface area contributed by atoms with E-state index in [-0.39, 0.29) is 42.2 Å². The number of carbonyl (C=O) groups is 3. The van der Waals surface area contributed by atoms with Crippen LogP contribution in [-0.2, 0) is 20.7 Å². The Morgan fingerprint density at radius 1 is 1.09 bits per heavy atom. The molecule has 1 fully saturated rings. The van der Waals surface area contributed by atoms with Crippen molar-refractivity contribution in [2.24, 2.45) is 5.41 Å². The Labute approximate surface area is 185 Å². The zero-order valence-electron chi connectivity index (χ0n) is 18.0. The minimum Gasteiger partial charge on any atom is -0.466 e. The van der Waals surface area contributed by atoms with Crippen LogP contribution in [0, 0.1) is 17.0 Å². The molecular weight excluding hydrogens is 420 g/mol. The van der Waals surface area contributed by atoms with Crippen molar-refractivity contribution in [3.63, 3.8) is 0 Å². The van der Waals surface area contributed by atoms with Gasteiger partial charge in [-0.05, 0) is 56.0 Å². The molecule has 1 amide bonds. The maximum absolute atomic E-state index is 14.4. The zero-order valence-corrected chi connectivity index (χ0v) is 18.0. The fourth-order valence-corrected chi connectivity index (χ4v) is 4.08. The molecule has 0 aromatic heterocycles. The molecule has 0 bridgehead atoms. The SMILES string of the molecule is CCOC(=O)C1(Cc2ccc(F)cc2F)CCCN(C(=O)c2cccc(C(=O)OC)c2)C1. The summed E-state index contributed by atoms with van der Waals surface area (Å²) < 4.78 is 37.7. The highest BCUT2D eigenvalue weighted by molar-refractivity contribution is 5.98. The number of carbonyl (C=O) groups excluding carboxylic acids is 3. The topological polar surface area (TPSA) is 72.9 Å². The van der Waals surface area contributed by atoms with Gasteiger partial charge in [-0.15, -0.1) is 0 Å². The number of piperidine rings is 1. The van der Waals surface area contributed by atoms with Crippen LogP contribution in [0.15, 0.2) is 42.5 Å². The van der Waals surface area contributed by atoms with Crippen LogP contribution in [0.3, 0.4) is 0 Å². The number of rotatable bonds is 6. The molecule has 2 aromatic carbocycles. The van der Waals surface area contributed by atoms with Crippen molar-refractivity contribution in [2.75, 3.05) is 26.8 Å². The number of methoxy groups -OCH3 is 1. The third kappa shape index (κ3) is 4.95. The van der Waals surface area contributed by atoms with Crippen LogP contribution in [-0.4, -0.2) is 49.6 Å². The van der Waals surface area contributed by atoms with E-state index >= 15 is 0 Å². The molecule has 6 nitrogen and oxygen atoms in total. The molecular formula is C24H25F2NO5. The fourth-order valence-electron chi connectivity index (χ4n) is 4.08. The molecule has 8 heteroatoms. The first-order valence-corrected chi connectivity index (χ1v) is 10.4. The summed E-state index contributed by atoms with van der Waals surface area (Å²) in [4.78, 5) is 39.5. The van der Waals surface area contributed by atoms with Gasteiger partial charge in [0, 0.05) is 24.7 Å². The van der Waals surface area contributed by atoms with Crippen LogP contribution in [0.25, 0.3) is 0 Å². The van der Waals surface area contributed by atoms with Crippen molar-refractivity contribution < 1.29 is 32.6 Å². The predicted molar refractivity (Wildman–Crippen MR) is 112 cm³/mol. The van der Waals surface area contributed by atoms with Gasteiger partial charge >= 0.3 is 11.9 Å². The lowest BCUT2D eigenvalue weighted by Crippen LogP contribution is -2.51. The number of hydrogen-bond donors (Lipinski definition) is 0. The second-order valence-corrected chi connectivity index (χ2v) is 7.82. The highest BCUT2D eigenvalue weighted by Crippen LogP contribution is 2.36. The number of nitrogens with zero attached hydrogens (tertiary/aromatic N) is 1. The zero-order chi connectivity index (χ0) is 23.3. The first-order valence-electron chi connectivity index (χ1n) is 10.4. The van der Waals surface area contributed by atoms with Crippen LogP contribution < -0.4 is 0 Å². The normalized spacial score (nSPS) is 18.2. The summed E-state index contributed by atoms with van der Waals surface area (Å²) in [5, 5.41) is 0. The maximum atomic E-state index is 14.4. The molecule has 2 aromatic rings. The molecule has 3 rings (SSSR count). The lowest BCUT2D eigenvalue weighted by molar-refractivity contribution is -0.158. The minimum atomic E-state index is -1.16. The van der Waals surface area contributed by atoms with Gasteiger partial charge in [0.25, 0.3) is 5.91 Å². The van der Waals surface area contributed by atoms with Gasteiger partial charge in [0.05, 0.1) is 24.7 Å². The molecule has 0 N–H and O–H groups in total. The lowest BCUT2D eigenvalue weighted by atomic mass is 9.74. The van der Waals surface area contributed by atoms with E-state index in [0.29, 0.717) is 19.4 Å². The van der Waals surface area contributed by atoms with Crippen molar-refractivity contribution >= 4 is 17.8 Å². The number of halogens is 2. The van der Waals surface area contributed by atoms with E-state index < -0.39 is 29.0 Å². The van der Waals surface area contributed by atoms with E-state index in [1.807, 2.05) is 0 Å². The van der Waals surface area contributed by atoms with Gasteiger partial charge in [0.1, 0.15) is 11.6 Å². The summed E-state index contributed by atoms with van der Waals surface area (Å²) in [5.74, 6) is -2.90. The molecule has 1 saturated heterocycles. The summed E-state index contributed by atoms with van der Waals surface area (Å²) in [5.41, 5.74) is -0.468. The highest BCUT2D eigenvalue weighted by Gasteiger charge is 2.45. The number of ether oxygens (including phenoxy) is 2. The van der Waals surface area contributed by atoms with Crippen LogP contribution in [0.5, 0.6) is 0 Å². The van der Waals surface area contributed by atoms with Crippen molar-refractivity contribution in [1.82, 2.24) is 4.90 Å². The Kier molecular flexibility index (Phi) is 7.22. The molecule has 0 saturated carbocycles. The molecule has 0 radical (unpaired) electrons. The molecule has 1 aliphatic heterocycles. The van der Waals surface area contributed by atoms with Crippen molar-refractivity contribution in [1.29, 1.82) is 0 Å². The van der Waals surface area contributed by atoms with Crippen LogP contribution in [0.4, 0.5) is 8.78 Å². The van der Waals surface area contributed by atoms with Crippen LogP contribution >= 0.6 is 0 Å². The van der Waals surface area contributed by atoms with Crippen LogP contribution in [0.1, 0.15) is 46.0 Å². The van der Waals surface area contributed by atoms with Gasteiger partial charge in [0.15, 0.2) is 0 Å². The fraction of sp³-hybridized carbons (Fsp3) is 0.375. The summed E-state index contributed by atoms with van der Waals surface area (Å²) in [6, 6.07) is 9.37. The van der Waals surface area contributed by atoms with Gasteiger partial charge in [-0.25, -0.2) is 13.6 Å². The van der Waals surface area contributed by atoms with Gasteiger partial charge in [-0.2, -0.15) is 0 Å². The molecule has 1 heterocycles. The van der Waals surface area contributed by atoms with Crippen molar-refractivity contribution in [3.8, 4) is 0 Å². The average Bonchev–Trinajstić information content (AvgIpc) is 2.80. The average molecular weight is 445 g/mol. The Morgan fingerprint density at radius 2 is 1.84 bits per heavy atom. The van der Waals surface area contributed by atoms with Crippen LogP contribution in [0.2, 0.25) is 0 Å². The quantitative estimate of drug-likeness (QED) is 0.633. The standard InChI is InChI=1S/C24H25F2NO5/c1-3-32-23(30)24(14-18-8-9-19(25)13-20(18)26)10-5-11-27(15-24)21(28)16-6-4-7-17(12-16)22(29)31-2/h4,6-9,12-13H,3,5,10-11,14-15H2,1-2H3. The Hall–Kier alpha value is -3.29. The van der Waals surface area contributed by atoms with Crippen molar-refractivity contribution in [2.45, 2.75) is 26.2 Å². The Bertz CT molecular complexity index is 1030. The summed E-state index contributed by atoms with van der Waals surface area (Å²) in [7, 11) is 1.25. The number of hydrogen-bond acceptors (Lipinski definition) is 5. The molecule has 32 heavy (non-hydrogen) atoms. The molecule has 1 aliphatic rings. The Balaban J connectivity index is 1.90. The number of amides is 1. The largest absolute Gasteiger partial charge is 0.466 e. The van der Waals surface area contributed by atoms with E-state index in [4.69, 9.17) is 9.47 Å². The number of benzene rings is 2. The van der Waals surface area contributed by atoms with E-state index in [2.05, 4.69) is 0 Å². The van der Waals surface area contributed by atoms with E-state index in [0.717, 1.165) is 12.1 Å². The Morgan fingerprint density at radius 3 is 2.53 bits per heavy atom. The first-order chi connectivity index (χ1) is 15.3. The highest BCUT2D eigenvalue weighted by atomic mass is 19.1. The molecule has 0 aliphatic carbocycles. The number of likely N-dealkylation sites (tertiary alicyclic amines) is 1. The summed E-state index contributed by atoms with van der Waals surface area (Å²) in [6.45, 7) is 2.23. The molecule has 1 atom stereocenters. The smallest absolute Gasteiger partial charge is 0.337 e. The van der Waals surface area contributed by atoms with E-state index in [9.17, 15) is 23.2 Å². The molecule has 0 spiro atoms. The molecule has 170 valence electrons. The van der Waals surface area contributed by atoms with E-state index in [1.165, 1.54) is 24.1 Å². The van der Waals surface area contributed by atoms with Crippen molar-refractivity contribution in [3.05, 3.63) is 70.8 Å². The monoisotopic (exact) mass is 445 g/mol. The predicted octanol–water partition coefficient (Wildman–Crippen LogP) is 3.78. The lowest BCUT2D eigenvalue weighted by Gasteiger charge is -2.41. The second kappa shape index (κ2) is 9.89. The second-order valence-electron chi connectivity index (χ2n) is 7.82. The minimum absolute atomic E-state index is 0.0178. The molecule has 1 unspecified atom stereocenters. The third-order valence-corrected chi connectivity index (χ3v) is 5.65. The summed E-state index contributed by atoms with van der Waals surface area (Å²) in [6.07, 6.45) is 0.878. The van der Waals surface area contributed by atoms with Gasteiger partial charge in [-0.3, -0.25) is 9.59 Å². The van der Waals surface area contributed by atoms with Gasteiger partial charge in [0.2, 0.25) is 0 Å². The van der Waals surface area contributed by atoms with Gasteiger partial charge in [-0.1, -0.05) is 12.1 Å². The first kappa shape index (κ1) is 23.4. The third-order valence-electron chi connectivity index (χ3n) is 5.65. The van der Waals surface area contributed by atoms with E-state index in [1.54, 1.807) is 25.1 Å². The van der Waals surface area contributed by atoms with Gasteiger partial charge < -0.3 is 14.4 Å².